The standard InChI is InChI=1S/C29H49N3O4/c1-12-14-21(7)30-26(33)25(23-16-19(5)15-20(6)17-23)32(22(8)13-2)27(34)24(18(3)4)31-28(35)36-29(9,10)11/h15-18,21-22,24-25H,12-14H2,1-11H3,(H,30,33)(H,31,35). The van der Waals surface area contributed by atoms with Crippen molar-refractivity contribution in [3.05, 3.63) is 34.9 Å². The maximum Gasteiger partial charge on any atom is 0.408 e. The van der Waals surface area contributed by atoms with Crippen molar-refractivity contribution in [1.82, 2.24) is 15.5 Å². The number of carbonyl (C=O) groups excluding carboxylic acids is 3. The van der Waals surface area contributed by atoms with Gasteiger partial charge in [0.05, 0.1) is 0 Å². The molecule has 3 amide bonds. The Morgan fingerprint density at radius 3 is 1.94 bits per heavy atom. The highest BCUT2D eigenvalue weighted by Crippen LogP contribution is 2.29. The minimum atomic E-state index is -0.844. The van der Waals surface area contributed by atoms with E-state index < -0.39 is 23.8 Å². The average Bonchev–Trinajstić information content (AvgIpc) is 2.72. The van der Waals surface area contributed by atoms with Crippen molar-refractivity contribution < 1.29 is 19.1 Å². The maximum absolute atomic E-state index is 14.2. The topological polar surface area (TPSA) is 87.7 Å². The lowest BCUT2D eigenvalue weighted by molar-refractivity contribution is -0.146. The van der Waals surface area contributed by atoms with Gasteiger partial charge in [0, 0.05) is 12.1 Å². The fraction of sp³-hybridized carbons (Fsp3) is 0.690. The van der Waals surface area contributed by atoms with E-state index in [0.717, 1.165) is 29.5 Å². The van der Waals surface area contributed by atoms with E-state index in [2.05, 4.69) is 23.6 Å². The molecule has 2 N–H and O–H groups in total. The molecule has 0 aliphatic rings. The number of hydrogen-bond donors (Lipinski definition) is 2. The highest BCUT2D eigenvalue weighted by atomic mass is 16.6. The molecule has 0 aromatic heterocycles. The SMILES string of the molecule is CCCC(C)NC(=O)C(c1cc(C)cc(C)c1)N(C(=O)C(NC(=O)OC(C)(C)C)C(C)C)C(C)CC. The van der Waals surface area contributed by atoms with E-state index in [4.69, 9.17) is 4.74 Å². The van der Waals surface area contributed by atoms with E-state index in [1.54, 1.807) is 25.7 Å². The average molecular weight is 504 g/mol. The summed E-state index contributed by atoms with van der Waals surface area (Å²) < 4.78 is 5.44. The van der Waals surface area contributed by atoms with Gasteiger partial charge in [0.25, 0.3) is 0 Å². The number of amides is 3. The third-order valence-corrected chi connectivity index (χ3v) is 6.12. The van der Waals surface area contributed by atoms with Crippen LogP contribution in [-0.4, -0.2) is 46.5 Å². The quantitative estimate of drug-likeness (QED) is 0.398. The molecule has 1 aromatic carbocycles. The van der Waals surface area contributed by atoms with Gasteiger partial charge < -0.3 is 20.3 Å². The van der Waals surface area contributed by atoms with Gasteiger partial charge in [-0.2, -0.15) is 0 Å². The Morgan fingerprint density at radius 2 is 1.50 bits per heavy atom. The molecule has 0 spiro atoms. The van der Waals surface area contributed by atoms with Crippen molar-refractivity contribution in [3.63, 3.8) is 0 Å². The van der Waals surface area contributed by atoms with Crippen molar-refractivity contribution in [3.8, 4) is 0 Å². The van der Waals surface area contributed by atoms with Crippen molar-refractivity contribution in [2.24, 2.45) is 5.92 Å². The van der Waals surface area contributed by atoms with Crippen LogP contribution in [0.4, 0.5) is 4.79 Å². The summed E-state index contributed by atoms with van der Waals surface area (Å²) in [5, 5.41) is 5.91. The number of carbonyl (C=O) groups is 3. The lowest BCUT2D eigenvalue weighted by Crippen LogP contribution is -2.57. The van der Waals surface area contributed by atoms with Crippen LogP contribution in [-0.2, 0) is 14.3 Å². The van der Waals surface area contributed by atoms with E-state index in [-0.39, 0.29) is 29.8 Å². The van der Waals surface area contributed by atoms with Gasteiger partial charge in [-0.3, -0.25) is 9.59 Å². The minimum Gasteiger partial charge on any atom is -0.444 e. The molecule has 0 radical (unpaired) electrons. The maximum atomic E-state index is 14.2. The first-order chi connectivity index (χ1) is 16.6. The highest BCUT2D eigenvalue weighted by molar-refractivity contribution is 5.92. The van der Waals surface area contributed by atoms with E-state index in [1.807, 2.05) is 60.6 Å². The smallest absolute Gasteiger partial charge is 0.408 e. The van der Waals surface area contributed by atoms with Gasteiger partial charge in [0.15, 0.2) is 0 Å². The molecule has 0 saturated heterocycles. The molecule has 1 rings (SSSR count). The van der Waals surface area contributed by atoms with Gasteiger partial charge in [-0.1, -0.05) is 63.4 Å². The van der Waals surface area contributed by atoms with E-state index in [0.29, 0.717) is 6.42 Å². The fourth-order valence-electron chi connectivity index (χ4n) is 4.34. The monoisotopic (exact) mass is 503 g/mol. The van der Waals surface area contributed by atoms with Gasteiger partial charge in [-0.15, -0.1) is 0 Å². The molecule has 7 heteroatoms. The van der Waals surface area contributed by atoms with Crippen molar-refractivity contribution in [1.29, 1.82) is 0 Å². The number of aryl methyl sites for hydroxylation is 2. The van der Waals surface area contributed by atoms with Crippen LogP contribution in [0.3, 0.4) is 0 Å². The molecule has 1 aromatic rings. The van der Waals surface area contributed by atoms with Gasteiger partial charge >= 0.3 is 6.09 Å². The number of benzene rings is 1. The summed E-state index contributed by atoms with van der Waals surface area (Å²) in [6, 6.07) is 4.05. The first-order valence-electron chi connectivity index (χ1n) is 13.3. The number of nitrogens with zero attached hydrogens (tertiary/aromatic N) is 1. The zero-order valence-corrected chi connectivity index (χ0v) is 24.3. The molecule has 0 aliphatic heterocycles. The number of alkyl carbamates (subject to hydrolysis) is 1. The van der Waals surface area contributed by atoms with Crippen LogP contribution in [0.25, 0.3) is 0 Å². The molecule has 7 nitrogen and oxygen atoms in total. The third kappa shape index (κ3) is 9.47. The van der Waals surface area contributed by atoms with Crippen LogP contribution >= 0.6 is 0 Å². The van der Waals surface area contributed by atoms with Crippen LogP contribution < -0.4 is 10.6 Å². The lowest BCUT2D eigenvalue weighted by Gasteiger charge is -2.39. The van der Waals surface area contributed by atoms with Crippen LogP contribution in [0.15, 0.2) is 18.2 Å². The second kappa shape index (κ2) is 13.7. The molecular formula is C29H49N3O4. The fourth-order valence-corrected chi connectivity index (χ4v) is 4.34. The molecule has 204 valence electrons. The molecule has 36 heavy (non-hydrogen) atoms. The number of rotatable bonds is 11. The van der Waals surface area contributed by atoms with E-state index in [1.165, 1.54) is 0 Å². The van der Waals surface area contributed by atoms with Gasteiger partial charge in [0.2, 0.25) is 11.8 Å². The lowest BCUT2D eigenvalue weighted by atomic mass is 9.94. The summed E-state index contributed by atoms with van der Waals surface area (Å²) in [6.07, 6.45) is 1.79. The summed E-state index contributed by atoms with van der Waals surface area (Å²) in [5.41, 5.74) is 2.12. The molecule has 0 aliphatic carbocycles. The Labute approximate surface area is 218 Å². The molecule has 0 heterocycles. The van der Waals surface area contributed by atoms with Gasteiger partial charge in [0.1, 0.15) is 17.7 Å². The highest BCUT2D eigenvalue weighted by Gasteiger charge is 2.39. The molecule has 4 unspecified atom stereocenters. The molecular weight excluding hydrogens is 454 g/mol. The van der Waals surface area contributed by atoms with Crippen LogP contribution in [0.1, 0.15) is 104 Å². The van der Waals surface area contributed by atoms with E-state index >= 15 is 0 Å². The molecule has 0 fully saturated rings. The normalized spacial score (nSPS) is 15.0. The zero-order valence-electron chi connectivity index (χ0n) is 24.3. The van der Waals surface area contributed by atoms with Gasteiger partial charge in [-0.05, 0) is 72.8 Å². The first kappa shape index (κ1) is 31.5. The van der Waals surface area contributed by atoms with Crippen molar-refractivity contribution in [2.45, 2.75) is 125 Å². The largest absolute Gasteiger partial charge is 0.444 e. The number of nitrogens with one attached hydrogen (secondary N) is 2. The van der Waals surface area contributed by atoms with Crippen LogP contribution in [0.5, 0.6) is 0 Å². The summed E-state index contributed by atoms with van der Waals surface area (Å²) in [7, 11) is 0. The third-order valence-electron chi connectivity index (χ3n) is 6.12. The molecule has 0 bridgehead atoms. The Balaban J connectivity index is 3.58. The van der Waals surface area contributed by atoms with Crippen molar-refractivity contribution in [2.75, 3.05) is 0 Å². The second-order valence-electron chi connectivity index (χ2n) is 11.4. The first-order valence-corrected chi connectivity index (χ1v) is 13.3. The predicted octanol–water partition coefficient (Wildman–Crippen LogP) is 5.83. The Kier molecular flexibility index (Phi) is 11.9. The predicted molar refractivity (Wildman–Crippen MR) is 146 cm³/mol. The Hall–Kier alpha value is -2.57. The summed E-state index contributed by atoms with van der Waals surface area (Å²) in [4.78, 5) is 42.3. The van der Waals surface area contributed by atoms with Crippen LogP contribution in [0.2, 0.25) is 0 Å². The van der Waals surface area contributed by atoms with Crippen LogP contribution in [0, 0.1) is 19.8 Å². The van der Waals surface area contributed by atoms with Crippen molar-refractivity contribution >= 4 is 17.9 Å². The molecule has 4 atom stereocenters. The van der Waals surface area contributed by atoms with Gasteiger partial charge in [-0.25, -0.2) is 4.79 Å². The minimum absolute atomic E-state index is 0.0226. The Bertz CT molecular complexity index is 871. The molecule has 0 saturated carbocycles. The Morgan fingerprint density at radius 1 is 0.944 bits per heavy atom. The number of ether oxygens (including phenoxy) is 1. The summed E-state index contributed by atoms with van der Waals surface area (Å²) in [5.74, 6) is -0.722. The number of hydrogen-bond acceptors (Lipinski definition) is 4. The zero-order chi connectivity index (χ0) is 27.8. The summed E-state index contributed by atoms with van der Waals surface area (Å²) >= 11 is 0. The van der Waals surface area contributed by atoms with E-state index in [9.17, 15) is 14.4 Å². The summed E-state index contributed by atoms with van der Waals surface area (Å²) in [6.45, 7) is 21.1. The second-order valence-corrected chi connectivity index (χ2v) is 11.4.